The molecule has 24 heavy (non-hydrogen) atoms. The number of aromatic nitrogens is 2. The van der Waals surface area contributed by atoms with E-state index in [1.807, 2.05) is 23.1 Å². The molecule has 1 aliphatic rings. The maximum absolute atomic E-state index is 12.6. The maximum atomic E-state index is 12.6. The summed E-state index contributed by atoms with van der Waals surface area (Å²) in [5.41, 5.74) is 0.602. The molecule has 2 aromatic rings. The van der Waals surface area contributed by atoms with Gasteiger partial charge in [-0.3, -0.25) is 14.2 Å². The molecule has 3 rings (SSSR count). The van der Waals surface area contributed by atoms with Crippen molar-refractivity contribution in [3.05, 3.63) is 34.6 Å². The smallest absolute Gasteiger partial charge is 0.261 e. The Morgan fingerprint density at radius 2 is 1.92 bits per heavy atom. The number of nitrogens with zero attached hydrogens (tertiary/aromatic N) is 3. The van der Waals surface area contributed by atoms with E-state index in [4.69, 9.17) is 0 Å². The zero-order chi connectivity index (χ0) is 17.3. The van der Waals surface area contributed by atoms with Gasteiger partial charge < -0.3 is 4.90 Å². The molecule has 0 aliphatic carbocycles. The van der Waals surface area contributed by atoms with E-state index in [0.29, 0.717) is 21.8 Å². The Kier molecular flexibility index (Phi) is 4.94. The van der Waals surface area contributed by atoms with Crippen molar-refractivity contribution in [1.82, 2.24) is 14.5 Å². The number of piperidine rings is 1. The quantitative estimate of drug-likeness (QED) is 0.634. The number of hydrogen-bond donors (Lipinski definition) is 0. The SMILES string of the molecule is CC1CCCC(C)N1C(=O)CSc1nc2ccccc2c(=O)n1C. The van der Waals surface area contributed by atoms with E-state index < -0.39 is 0 Å². The maximum Gasteiger partial charge on any atom is 0.261 e. The van der Waals surface area contributed by atoms with Gasteiger partial charge in [-0.05, 0) is 45.2 Å². The van der Waals surface area contributed by atoms with Gasteiger partial charge in [0.05, 0.1) is 16.7 Å². The van der Waals surface area contributed by atoms with E-state index in [-0.39, 0.29) is 23.6 Å². The van der Waals surface area contributed by atoms with Gasteiger partial charge in [0.1, 0.15) is 0 Å². The summed E-state index contributed by atoms with van der Waals surface area (Å²) in [4.78, 5) is 31.6. The third kappa shape index (κ3) is 3.20. The predicted molar refractivity (Wildman–Crippen MR) is 97.3 cm³/mol. The van der Waals surface area contributed by atoms with Gasteiger partial charge in [0.2, 0.25) is 5.91 Å². The van der Waals surface area contributed by atoms with Crippen LogP contribution < -0.4 is 5.56 Å². The van der Waals surface area contributed by atoms with E-state index in [9.17, 15) is 9.59 Å². The van der Waals surface area contributed by atoms with Crippen LogP contribution >= 0.6 is 11.8 Å². The highest BCUT2D eigenvalue weighted by Gasteiger charge is 2.28. The summed E-state index contributed by atoms with van der Waals surface area (Å²) in [6.07, 6.45) is 3.31. The summed E-state index contributed by atoms with van der Waals surface area (Å²) in [5.74, 6) is 0.440. The highest BCUT2D eigenvalue weighted by Crippen LogP contribution is 2.25. The topological polar surface area (TPSA) is 55.2 Å². The van der Waals surface area contributed by atoms with Crippen LogP contribution in [0.1, 0.15) is 33.1 Å². The van der Waals surface area contributed by atoms with Crippen LogP contribution in [-0.4, -0.2) is 38.2 Å². The fraction of sp³-hybridized carbons (Fsp3) is 0.500. The Labute approximate surface area is 146 Å². The average molecular weight is 345 g/mol. The van der Waals surface area contributed by atoms with Gasteiger partial charge in [0.15, 0.2) is 5.16 Å². The van der Waals surface area contributed by atoms with E-state index >= 15 is 0 Å². The monoisotopic (exact) mass is 345 g/mol. The van der Waals surface area contributed by atoms with Gasteiger partial charge in [-0.25, -0.2) is 4.98 Å². The summed E-state index contributed by atoms with van der Waals surface area (Å²) < 4.78 is 1.53. The molecule has 1 fully saturated rings. The number of carbonyl (C=O) groups excluding carboxylic acids is 1. The number of para-hydroxylation sites is 1. The van der Waals surface area contributed by atoms with Gasteiger partial charge >= 0.3 is 0 Å². The van der Waals surface area contributed by atoms with Gasteiger partial charge in [-0.1, -0.05) is 23.9 Å². The molecule has 0 bridgehead atoms. The van der Waals surface area contributed by atoms with Crippen molar-refractivity contribution < 1.29 is 4.79 Å². The van der Waals surface area contributed by atoms with Crippen molar-refractivity contribution in [3.8, 4) is 0 Å². The molecule has 1 aromatic carbocycles. The lowest BCUT2D eigenvalue weighted by Crippen LogP contribution is -2.48. The van der Waals surface area contributed by atoms with Crippen LogP contribution in [0, 0.1) is 0 Å². The zero-order valence-electron chi connectivity index (χ0n) is 14.4. The summed E-state index contributed by atoms with van der Waals surface area (Å²) >= 11 is 1.34. The molecule has 1 saturated heterocycles. The van der Waals surface area contributed by atoms with Gasteiger partial charge in [-0.2, -0.15) is 0 Å². The lowest BCUT2D eigenvalue weighted by molar-refractivity contribution is -0.134. The summed E-state index contributed by atoms with van der Waals surface area (Å²) in [6, 6.07) is 7.89. The molecule has 0 saturated carbocycles. The van der Waals surface area contributed by atoms with Crippen molar-refractivity contribution in [3.63, 3.8) is 0 Å². The standard InChI is InChI=1S/C18H23N3O2S/c1-12-7-6-8-13(2)21(12)16(22)11-24-18-19-15-10-5-4-9-14(15)17(23)20(18)3/h4-5,9-10,12-13H,6-8,11H2,1-3H3. The fourth-order valence-electron chi connectivity index (χ4n) is 3.44. The number of likely N-dealkylation sites (tertiary alicyclic amines) is 1. The van der Waals surface area contributed by atoms with Crippen LogP contribution in [0.2, 0.25) is 0 Å². The molecule has 1 aromatic heterocycles. The van der Waals surface area contributed by atoms with E-state index in [1.165, 1.54) is 22.7 Å². The Balaban J connectivity index is 1.79. The minimum absolute atomic E-state index is 0.0738. The molecule has 2 unspecified atom stereocenters. The Hall–Kier alpha value is -1.82. The van der Waals surface area contributed by atoms with E-state index in [0.717, 1.165) is 12.8 Å². The fourth-order valence-corrected chi connectivity index (χ4v) is 4.28. The molecule has 0 spiro atoms. The van der Waals surface area contributed by atoms with Crippen molar-refractivity contribution >= 4 is 28.6 Å². The third-order valence-electron chi connectivity index (χ3n) is 4.75. The van der Waals surface area contributed by atoms with Crippen LogP contribution in [0.5, 0.6) is 0 Å². The third-order valence-corrected chi connectivity index (χ3v) is 5.76. The molecular formula is C18H23N3O2S. The van der Waals surface area contributed by atoms with E-state index in [2.05, 4.69) is 18.8 Å². The van der Waals surface area contributed by atoms with Gasteiger partial charge in [0.25, 0.3) is 5.56 Å². The number of carbonyl (C=O) groups is 1. The molecule has 5 nitrogen and oxygen atoms in total. The molecule has 128 valence electrons. The molecular weight excluding hydrogens is 322 g/mol. The molecule has 0 radical (unpaired) electrons. The van der Waals surface area contributed by atoms with Gasteiger partial charge in [-0.15, -0.1) is 0 Å². The van der Waals surface area contributed by atoms with E-state index in [1.54, 1.807) is 13.1 Å². The molecule has 0 N–H and O–H groups in total. The highest BCUT2D eigenvalue weighted by molar-refractivity contribution is 7.99. The number of fused-ring (bicyclic) bond motifs is 1. The van der Waals surface area contributed by atoms with Crippen LogP contribution in [0.15, 0.2) is 34.2 Å². The summed E-state index contributed by atoms with van der Waals surface area (Å²) in [6.45, 7) is 4.23. The van der Waals surface area contributed by atoms with Crippen LogP contribution in [-0.2, 0) is 11.8 Å². The summed E-state index contributed by atoms with van der Waals surface area (Å²) in [7, 11) is 1.71. The molecule has 6 heteroatoms. The Morgan fingerprint density at radius 1 is 1.25 bits per heavy atom. The first kappa shape index (κ1) is 17.0. The lowest BCUT2D eigenvalue weighted by Gasteiger charge is -2.39. The van der Waals surface area contributed by atoms with Gasteiger partial charge in [0, 0.05) is 19.1 Å². The van der Waals surface area contributed by atoms with Crippen LogP contribution in [0.25, 0.3) is 10.9 Å². The molecule has 1 aliphatic heterocycles. The lowest BCUT2D eigenvalue weighted by atomic mass is 9.98. The zero-order valence-corrected chi connectivity index (χ0v) is 15.2. The number of thioether (sulfide) groups is 1. The number of rotatable bonds is 3. The number of hydrogen-bond acceptors (Lipinski definition) is 4. The van der Waals surface area contributed by atoms with Crippen molar-refractivity contribution in [1.29, 1.82) is 0 Å². The first-order valence-electron chi connectivity index (χ1n) is 8.38. The highest BCUT2D eigenvalue weighted by atomic mass is 32.2. The Bertz CT molecular complexity index is 808. The Morgan fingerprint density at radius 3 is 2.62 bits per heavy atom. The largest absolute Gasteiger partial charge is 0.337 e. The van der Waals surface area contributed by atoms with Crippen molar-refractivity contribution in [2.75, 3.05) is 5.75 Å². The first-order chi connectivity index (χ1) is 11.5. The average Bonchev–Trinajstić information content (AvgIpc) is 2.56. The second-order valence-electron chi connectivity index (χ2n) is 6.49. The molecule has 2 atom stereocenters. The normalized spacial score (nSPS) is 21.2. The second-order valence-corrected chi connectivity index (χ2v) is 7.44. The first-order valence-corrected chi connectivity index (χ1v) is 9.37. The number of benzene rings is 1. The second kappa shape index (κ2) is 6.97. The van der Waals surface area contributed by atoms with Crippen molar-refractivity contribution in [2.45, 2.75) is 50.4 Å². The van der Waals surface area contributed by atoms with Crippen LogP contribution in [0.3, 0.4) is 0 Å². The molecule has 2 heterocycles. The van der Waals surface area contributed by atoms with Crippen molar-refractivity contribution in [2.24, 2.45) is 7.05 Å². The summed E-state index contributed by atoms with van der Waals surface area (Å²) in [5, 5.41) is 1.19. The number of amides is 1. The minimum Gasteiger partial charge on any atom is -0.337 e. The predicted octanol–water partition coefficient (Wildman–Crippen LogP) is 2.82. The minimum atomic E-state index is -0.0738. The van der Waals surface area contributed by atoms with Crippen LogP contribution in [0.4, 0.5) is 0 Å². The molecule has 1 amide bonds.